The van der Waals surface area contributed by atoms with Gasteiger partial charge in [-0.15, -0.1) is 13.2 Å². The van der Waals surface area contributed by atoms with Crippen LogP contribution in [0, 0.1) is 0 Å². The molecule has 1 aromatic rings. The number of hydrogen-bond donors (Lipinski definition) is 2. The van der Waals surface area contributed by atoms with E-state index in [4.69, 9.17) is 11.5 Å². The van der Waals surface area contributed by atoms with Gasteiger partial charge < -0.3 is 11.5 Å². The molecule has 0 amide bonds. The van der Waals surface area contributed by atoms with Crippen molar-refractivity contribution < 1.29 is 8.78 Å². The van der Waals surface area contributed by atoms with Crippen molar-refractivity contribution in [2.75, 3.05) is 0 Å². The Morgan fingerprint density at radius 3 is 2.55 bits per heavy atom. The first kappa shape index (κ1) is 24.8. The summed E-state index contributed by atoms with van der Waals surface area (Å²) in [5.41, 5.74) is 14.4. The second kappa shape index (κ2) is 12.3. The number of rotatable bonds is 3. The number of hydrogen-bond acceptors (Lipinski definition) is 4. The first-order valence-electron chi connectivity index (χ1n) is 9.65. The quantitative estimate of drug-likeness (QED) is 0.515. The van der Waals surface area contributed by atoms with Gasteiger partial charge >= 0.3 is 0 Å². The molecule has 0 saturated carbocycles. The second-order valence-electron chi connectivity index (χ2n) is 6.16. The van der Waals surface area contributed by atoms with E-state index in [2.05, 4.69) is 39.1 Å². The normalized spacial score (nSPS) is 19.6. The van der Waals surface area contributed by atoms with Gasteiger partial charge in [-0.25, -0.2) is 13.8 Å². The van der Waals surface area contributed by atoms with Crippen molar-refractivity contribution in [3.8, 4) is 0 Å². The minimum Gasteiger partial charge on any atom is -0.401 e. The predicted molar refractivity (Wildman–Crippen MR) is 119 cm³/mol. The van der Waals surface area contributed by atoms with E-state index in [9.17, 15) is 8.78 Å². The fourth-order valence-corrected chi connectivity index (χ4v) is 3.57. The van der Waals surface area contributed by atoms with Crippen molar-refractivity contribution in [1.29, 1.82) is 0 Å². The summed E-state index contributed by atoms with van der Waals surface area (Å²) in [4.78, 5) is 8.56. The van der Waals surface area contributed by atoms with Gasteiger partial charge in [-0.3, -0.25) is 4.98 Å². The Labute approximate surface area is 180 Å². The third-order valence-electron chi connectivity index (χ3n) is 4.48. The predicted octanol–water partition coefficient (Wildman–Crippen LogP) is 6.26. The molecule has 7 heteroatoms. The molecule has 4 nitrogen and oxygen atoms in total. The van der Waals surface area contributed by atoms with E-state index in [1.54, 1.807) is 18.5 Å². The third-order valence-corrected chi connectivity index (χ3v) is 4.86. The van der Waals surface area contributed by atoms with E-state index in [0.717, 1.165) is 24.1 Å². The fraction of sp³-hybridized carbons (Fsp3) is 0.364. The van der Waals surface area contributed by atoms with Crippen LogP contribution in [0.25, 0.3) is 0 Å². The summed E-state index contributed by atoms with van der Waals surface area (Å²) in [7, 11) is 0. The molecule has 0 aliphatic heterocycles. The van der Waals surface area contributed by atoms with E-state index in [1.165, 1.54) is 6.08 Å². The summed E-state index contributed by atoms with van der Waals surface area (Å²) in [5.74, 6) is -1.21. The van der Waals surface area contributed by atoms with Crippen molar-refractivity contribution in [2.24, 2.45) is 11.5 Å². The number of nitrogens with zero attached hydrogens (tertiary/aromatic N) is 2. The first-order chi connectivity index (χ1) is 14.0. The lowest BCUT2D eigenvalue weighted by molar-refractivity contribution is 0.543. The van der Waals surface area contributed by atoms with Crippen molar-refractivity contribution in [3.63, 3.8) is 0 Å². The topological polar surface area (TPSA) is 77.8 Å². The van der Waals surface area contributed by atoms with E-state index < -0.39 is 11.7 Å². The fourth-order valence-electron chi connectivity index (χ4n) is 3.24. The molecule has 0 saturated heterocycles. The maximum atomic E-state index is 14.0. The smallest absolute Gasteiger partial charge is 0.131 e. The van der Waals surface area contributed by atoms with Crippen LogP contribution >= 0.6 is 15.9 Å². The average Bonchev–Trinajstić information content (AvgIpc) is 2.72. The molecule has 0 bridgehead atoms. The van der Waals surface area contributed by atoms with E-state index in [1.807, 2.05) is 13.8 Å². The number of halogens is 3. The highest BCUT2D eigenvalue weighted by molar-refractivity contribution is 9.10. The molecule has 0 fully saturated rings. The molecule has 1 atom stereocenters. The Bertz CT molecular complexity index is 828. The zero-order valence-electron chi connectivity index (χ0n) is 17.0. The molecule has 2 aliphatic rings. The summed E-state index contributed by atoms with van der Waals surface area (Å²) in [6, 6.07) is 0. The summed E-state index contributed by atoms with van der Waals surface area (Å²) in [6.45, 7) is 10.0. The minimum atomic E-state index is -0.609. The molecule has 0 spiro atoms. The lowest BCUT2D eigenvalue weighted by atomic mass is 9.84. The largest absolute Gasteiger partial charge is 0.401 e. The minimum absolute atomic E-state index is 0.0740. The molecule has 4 N–H and O–H groups in total. The molecular weight excluding hydrogens is 438 g/mol. The first-order valence-corrected chi connectivity index (χ1v) is 10.4. The lowest BCUT2D eigenvalue weighted by Gasteiger charge is -2.25. The van der Waals surface area contributed by atoms with Crippen molar-refractivity contribution in [2.45, 2.75) is 51.9 Å². The molecule has 1 unspecified atom stereocenters. The van der Waals surface area contributed by atoms with Gasteiger partial charge in [0.1, 0.15) is 16.3 Å². The molecule has 0 radical (unpaired) electrons. The van der Waals surface area contributed by atoms with Gasteiger partial charge in [-0.1, -0.05) is 13.8 Å². The third kappa shape index (κ3) is 6.35. The lowest BCUT2D eigenvalue weighted by Crippen LogP contribution is -2.19. The molecule has 1 heterocycles. The van der Waals surface area contributed by atoms with Gasteiger partial charge in [0.05, 0.1) is 17.5 Å². The Morgan fingerprint density at radius 2 is 1.93 bits per heavy atom. The van der Waals surface area contributed by atoms with E-state index >= 15 is 0 Å². The summed E-state index contributed by atoms with van der Waals surface area (Å²) < 4.78 is 28.6. The van der Waals surface area contributed by atoms with Gasteiger partial charge in [0, 0.05) is 29.9 Å². The Morgan fingerprint density at radius 1 is 1.24 bits per heavy atom. The number of aromatic nitrogens is 2. The van der Waals surface area contributed by atoms with Crippen LogP contribution in [0.15, 0.2) is 76.5 Å². The molecular formula is C22H29BrF2N4. The summed E-state index contributed by atoms with van der Waals surface area (Å²) in [5, 5.41) is 0. The summed E-state index contributed by atoms with van der Waals surface area (Å²) in [6.07, 6.45) is 9.22. The Balaban J connectivity index is 0.000000989. The van der Waals surface area contributed by atoms with Crippen LogP contribution in [0.3, 0.4) is 0 Å². The van der Waals surface area contributed by atoms with Crippen LogP contribution in [0.1, 0.15) is 57.6 Å². The Kier molecular flexibility index (Phi) is 10.5. The van der Waals surface area contributed by atoms with Gasteiger partial charge in [-0.05, 0) is 59.3 Å². The highest BCUT2D eigenvalue weighted by atomic mass is 79.9. The highest BCUT2D eigenvalue weighted by Crippen LogP contribution is 2.36. The molecule has 1 aromatic heterocycles. The van der Waals surface area contributed by atoms with Crippen molar-refractivity contribution in [1.82, 2.24) is 9.97 Å². The highest BCUT2D eigenvalue weighted by Gasteiger charge is 2.25. The van der Waals surface area contributed by atoms with Crippen LogP contribution in [0.5, 0.6) is 0 Å². The molecule has 29 heavy (non-hydrogen) atoms. The standard InChI is InChI=1S/C18H19BrF2N4.C2H6.C2H4/c19-16-9-24-8-15(25-16)11-4-1-3-10(18(11)23)7-14(22)17-12(20)5-2-6-13(17)21;2*1-2/h5,7-9,11H,1-4,6,22-23H2;1-2H3;1-2H2/b14-7-;;. The second-order valence-corrected chi connectivity index (χ2v) is 6.97. The zero-order valence-corrected chi connectivity index (χ0v) is 18.6. The Hall–Kier alpha value is -2.28. The van der Waals surface area contributed by atoms with Crippen LogP contribution in [-0.4, -0.2) is 9.97 Å². The van der Waals surface area contributed by atoms with Crippen LogP contribution in [-0.2, 0) is 0 Å². The SMILES string of the molecule is C=C.CC.NC1=C(/C=C(\N)C2=C(F)CCC=C2F)CCCC1c1cncc(Br)n1. The van der Waals surface area contributed by atoms with Crippen LogP contribution in [0.4, 0.5) is 8.78 Å². The van der Waals surface area contributed by atoms with Crippen LogP contribution in [0.2, 0.25) is 0 Å². The zero-order chi connectivity index (χ0) is 22.0. The maximum absolute atomic E-state index is 14.0. The molecule has 158 valence electrons. The summed E-state index contributed by atoms with van der Waals surface area (Å²) >= 11 is 3.31. The van der Waals surface area contributed by atoms with Crippen LogP contribution < -0.4 is 11.5 Å². The maximum Gasteiger partial charge on any atom is 0.131 e. The average molecular weight is 467 g/mol. The molecule has 0 aromatic carbocycles. The van der Waals surface area contributed by atoms with Crippen molar-refractivity contribution >= 4 is 15.9 Å². The van der Waals surface area contributed by atoms with Gasteiger partial charge in [0.2, 0.25) is 0 Å². The van der Waals surface area contributed by atoms with Crippen molar-refractivity contribution in [3.05, 3.63) is 82.2 Å². The number of nitrogens with two attached hydrogens (primary N) is 2. The van der Waals surface area contributed by atoms with Gasteiger partial charge in [0.15, 0.2) is 0 Å². The van der Waals surface area contributed by atoms with E-state index in [0.29, 0.717) is 23.1 Å². The van der Waals surface area contributed by atoms with E-state index in [-0.39, 0.29) is 23.6 Å². The van der Waals surface area contributed by atoms with Gasteiger partial charge in [-0.2, -0.15) is 0 Å². The molecule has 2 aliphatic carbocycles. The monoisotopic (exact) mass is 466 g/mol. The molecule has 3 rings (SSSR count). The van der Waals surface area contributed by atoms with Gasteiger partial charge in [0.25, 0.3) is 0 Å². The number of allylic oxidation sites excluding steroid dienone is 6.